The molecule has 0 aliphatic heterocycles. The van der Waals surface area contributed by atoms with Gasteiger partial charge in [0.2, 0.25) is 5.91 Å². The van der Waals surface area contributed by atoms with E-state index in [1.165, 1.54) is 0 Å². The van der Waals surface area contributed by atoms with Crippen molar-refractivity contribution in [3.05, 3.63) is 58.6 Å². The number of anilines is 2. The summed E-state index contributed by atoms with van der Waals surface area (Å²) in [6.07, 6.45) is 0. The van der Waals surface area contributed by atoms with Gasteiger partial charge < -0.3 is 15.5 Å². The Hall–Kier alpha value is -2.37. The topological polar surface area (TPSA) is 61.4 Å². The fourth-order valence-electron chi connectivity index (χ4n) is 2.19. The van der Waals surface area contributed by atoms with Crippen molar-refractivity contribution in [3.8, 4) is 0 Å². The minimum atomic E-state index is -0.235. The van der Waals surface area contributed by atoms with Crippen LogP contribution in [-0.2, 0) is 4.79 Å². The number of halogens is 1. The third-order valence-electron chi connectivity index (χ3n) is 3.31. The number of amides is 2. The standard InChI is InChI=1S/C18H20ClN3O2/c1-12-9-15(7-8-16(12)21-17(23)11-22(2)3)20-18(24)13-5-4-6-14(19)10-13/h4-10H,11H2,1-3H3,(H,20,24)(H,21,23). The molecule has 0 atom stereocenters. The second kappa shape index (κ2) is 7.95. The van der Waals surface area contributed by atoms with E-state index in [2.05, 4.69) is 10.6 Å². The lowest BCUT2D eigenvalue weighted by molar-refractivity contribution is -0.116. The van der Waals surface area contributed by atoms with Crippen molar-refractivity contribution in [3.63, 3.8) is 0 Å². The van der Waals surface area contributed by atoms with E-state index in [9.17, 15) is 9.59 Å². The molecule has 5 nitrogen and oxygen atoms in total. The molecule has 0 saturated heterocycles. The van der Waals surface area contributed by atoms with Gasteiger partial charge >= 0.3 is 0 Å². The van der Waals surface area contributed by atoms with E-state index in [1.54, 1.807) is 41.3 Å². The van der Waals surface area contributed by atoms with E-state index in [0.717, 1.165) is 11.3 Å². The van der Waals surface area contributed by atoms with Crippen LogP contribution in [0.1, 0.15) is 15.9 Å². The highest BCUT2D eigenvalue weighted by Gasteiger charge is 2.09. The second-order valence-corrected chi connectivity index (χ2v) is 6.22. The second-order valence-electron chi connectivity index (χ2n) is 5.78. The van der Waals surface area contributed by atoms with Gasteiger partial charge in [0.25, 0.3) is 5.91 Å². The fraction of sp³-hybridized carbons (Fsp3) is 0.222. The molecule has 0 unspecified atom stereocenters. The highest BCUT2D eigenvalue weighted by Crippen LogP contribution is 2.21. The molecule has 0 spiro atoms. The van der Waals surface area contributed by atoms with E-state index in [-0.39, 0.29) is 11.8 Å². The third-order valence-corrected chi connectivity index (χ3v) is 3.54. The first-order valence-corrected chi connectivity index (χ1v) is 7.85. The van der Waals surface area contributed by atoms with Crippen LogP contribution in [0.25, 0.3) is 0 Å². The Morgan fingerprint density at radius 3 is 2.46 bits per heavy atom. The molecule has 0 saturated carbocycles. The molecular weight excluding hydrogens is 326 g/mol. The zero-order valence-corrected chi connectivity index (χ0v) is 14.6. The van der Waals surface area contributed by atoms with E-state index in [4.69, 9.17) is 11.6 Å². The predicted molar refractivity (Wildman–Crippen MR) is 97.8 cm³/mol. The number of carbonyl (C=O) groups is 2. The molecule has 2 aromatic rings. The van der Waals surface area contributed by atoms with Crippen molar-refractivity contribution in [2.75, 3.05) is 31.3 Å². The zero-order valence-electron chi connectivity index (χ0n) is 13.9. The SMILES string of the molecule is Cc1cc(NC(=O)c2cccc(Cl)c2)ccc1NC(=O)CN(C)C. The van der Waals surface area contributed by atoms with Gasteiger partial charge in [-0.1, -0.05) is 17.7 Å². The monoisotopic (exact) mass is 345 g/mol. The van der Waals surface area contributed by atoms with Gasteiger partial charge in [-0.15, -0.1) is 0 Å². The predicted octanol–water partition coefficient (Wildman–Crippen LogP) is 3.40. The van der Waals surface area contributed by atoms with Crippen molar-refractivity contribution in [2.24, 2.45) is 0 Å². The van der Waals surface area contributed by atoms with Crippen molar-refractivity contribution in [1.82, 2.24) is 4.90 Å². The average Bonchev–Trinajstić information content (AvgIpc) is 2.49. The van der Waals surface area contributed by atoms with Crippen LogP contribution >= 0.6 is 11.6 Å². The molecule has 2 aromatic carbocycles. The van der Waals surface area contributed by atoms with Crippen LogP contribution in [-0.4, -0.2) is 37.4 Å². The molecule has 2 N–H and O–H groups in total. The lowest BCUT2D eigenvalue weighted by Gasteiger charge is -2.13. The molecule has 0 aliphatic rings. The number of likely N-dealkylation sites (N-methyl/N-ethyl adjacent to an activating group) is 1. The molecule has 0 aromatic heterocycles. The van der Waals surface area contributed by atoms with Gasteiger partial charge in [-0.25, -0.2) is 0 Å². The fourth-order valence-corrected chi connectivity index (χ4v) is 2.38. The number of rotatable bonds is 5. The summed E-state index contributed by atoms with van der Waals surface area (Å²) < 4.78 is 0. The lowest BCUT2D eigenvalue weighted by Crippen LogP contribution is -2.27. The minimum Gasteiger partial charge on any atom is -0.325 e. The summed E-state index contributed by atoms with van der Waals surface area (Å²) in [7, 11) is 3.67. The van der Waals surface area contributed by atoms with E-state index in [0.29, 0.717) is 22.8 Å². The molecule has 2 rings (SSSR count). The van der Waals surface area contributed by atoms with Crippen LogP contribution in [0.3, 0.4) is 0 Å². The summed E-state index contributed by atoms with van der Waals surface area (Å²) >= 11 is 5.90. The molecular formula is C18H20ClN3O2. The van der Waals surface area contributed by atoms with E-state index >= 15 is 0 Å². The van der Waals surface area contributed by atoms with Gasteiger partial charge in [-0.3, -0.25) is 9.59 Å². The highest BCUT2D eigenvalue weighted by atomic mass is 35.5. The largest absolute Gasteiger partial charge is 0.325 e. The molecule has 126 valence electrons. The molecule has 0 bridgehead atoms. The van der Waals surface area contributed by atoms with Crippen molar-refractivity contribution >= 4 is 34.8 Å². The van der Waals surface area contributed by atoms with Crippen molar-refractivity contribution in [2.45, 2.75) is 6.92 Å². The van der Waals surface area contributed by atoms with Crippen LogP contribution in [0.4, 0.5) is 11.4 Å². The first kappa shape index (κ1) is 18.0. The summed E-state index contributed by atoms with van der Waals surface area (Å²) in [5.41, 5.74) is 2.74. The Labute approximate surface area is 146 Å². The van der Waals surface area contributed by atoms with Gasteiger partial charge in [0.15, 0.2) is 0 Å². The van der Waals surface area contributed by atoms with Crippen LogP contribution < -0.4 is 10.6 Å². The maximum absolute atomic E-state index is 12.2. The van der Waals surface area contributed by atoms with Crippen molar-refractivity contribution in [1.29, 1.82) is 0 Å². The first-order valence-electron chi connectivity index (χ1n) is 7.47. The summed E-state index contributed by atoms with van der Waals surface area (Å²) in [4.78, 5) is 25.8. The van der Waals surface area contributed by atoms with Crippen LogP contribution in [0.2, 0.25) is 5.02 Å². The molecule has 2 amide bonds. The number of nitrogens with zero attached hydrogens (tertiary/aromatic N) is 1. The maximum atomic E-state index is 12.2. The Bertz CT molecular complexity index is 760. The van der Waals surface area contributed by atoms with Gasteiger partial charge in [0.05, 0.1) is 6.54 Å². The molecule has 0 heterocycles. The quantitative estimate of drug-likeness (QED) is 0.873. The lowest BCUT2D eigenvalue weighted by atomic mass is 10.1. The van der Waals surface area contributed by atoms with E-state index < -0.39 is 0 Å². The number of hydrogen-bond acceptors (Lipinski definition) is 3. The Morgan fingerprint density at radius 2 is 1.83 bits per heavy atom. The highest BCUT2D eigenvalue weighted by molar-refractivity contribution is 6.31. The smallest absolute Gasteiger partial charge is 0.255 e. The average molecular weight is 346 g/mol. The van der Waals surface area contributed by atoms with Crippen LogP contribution in [0.5, 0.6) is 0 Å². The minimum absolute atomic E-state index is 0.0844. The Balaban J connectivity index is 2.06. The van der Waals surface area contributed by atoms with Gasteiger partial charge in [-0.2, -0.15) is 0 Å². The third kappa shape index (κ3) is 5.08. The number of benzene rings is 2. The zero-order chi connectivity index (χ0) is 17.7. The number of aryl methyl sites for hydroxylation is 1. The van der Waals surface area contributed by atoms with E-state index in [1.807, 2.05) is 27.1 Å². The number of hydrogen-bond donors (Lipinski definition) is 2. The number of carbonyl (C=O) groups excluding carboxylic acids is 2. The van der Waals surface area contributed by atoms with Crippen LogP contribution in [0.15, 0.2) is 42.5 Å². The van der Waals surface area contributed by atoms with Crippen molar-refractivity contribution < 1.29 is 9.59 Å². The molecule has 24 heavy (non-hydrogen) atoms. The summed E-state index contributed by atoms with van der Waals surface area (Å²) in [5, 5.41) is 6.18. The summed E-state index contributed by atoms with van der Waals surface area (Å²) in [6.45, 7) is 2.19. The molecule has 6 heteroatoms. The maximum Gasteiger partial charge on any atom is 0.255 e. The molecule has 0 fully saturated rings. The van der Waals surface area contributed by atoms with Gasteiger partial charge in [0.1, 0.15) is 0 Å². The van der Waals surface area contributed by atoms with Gasteiger partial charge in [0, 0.05) is 22.0 Å². The summed E-state index contributed by atoms with van der Waals surface area (Å²) in [6, 6.07) is 12.1. The normalized spacial score (nSPS) is 10.5. The summed E-state index contributed by atoms with van der Waals surface area (Å²) in [5.74, 6) is -0.319. The molecule has 0 aliphatic carbocycles. The molecule has 0 radical (unpaired) electrons. The van der Waals surface area contributed by atoms with Gasteiger partial charge in [-0.05, 0) is 63.0 Å². The number of nitrogens with one attached hydrogen (secondary N) is 2. The Morgan fingerprint density at radius 1 is 1.08 bits per heavy atom. The Kier molecular flexibility index (Phi) is 5.95. The first-order chi connectivity index (χ1) is 11.3. The van der Waals surface area contributed by atoms with Crippen LogP contribution in [0, 0.1) is 6.92 Å².